The molecule has 0 aliphatic rings. The highest BCUT2D eigenvalue weighted by atomic mass is 127. The molecule has 2 heterocycles. The summed E-state index contributed by atoms with van der Waals surface area (Å²) >= 11 is 1.86. The normalized spacial score (nSPS) is 12.3. The third kappa shape index (κ3) is 6.59. The van der Waals surface area contributed by atoms with Crippen molar-refractivity contribution in [3.63, 3.8) is 0 Å². The van der Waals surface area contributed by atoms with Crippen LogP contribution in [0.25, 0.3) is 5.69 Å². The van der Waals surface area contributed by atoms with Crippen LogP contribution in [0.15, 0.2) is 54.0 Å². The van der Waals surface area contributed by atoms with Gasteiger partial charge in [0, 0.05) is 28.8 Å². The lowest BCUT2D eigenvalue weighted by Gasteiger charge is -2.17. The molecule has 28 heavy (non-hydrogen) atoms. The van der Waals surface area contributed by atoms with Crippen LogP contribution in [0.1, 0.15) is 29.2 Å². The number of guanidine groups is 1. The van der Waals surface area contributed by atoms with E-state index < -0.39 is 0 Å². The number of nitrogens with one attached hydrogen (secondary N) is 2. The molecule has 2 aromatic heterocycles. The molecule has 0 amide bonds. The van der Waals surface area contributed by atoms with Crippen molar-refractivity contribution in [3.8, 4) is 5.69 Å². The predicted octanol–water partition coefficient (Wildman–Crippen LogP) is 3.94. The summed E-state index contributed by atoms with van der Waals surface area (Å²) < 4.78 is 1.74. The van der Waals surface area contributed by atoms with Crippen molar-refractivity contribution in [1.29, 1.82) is 0 Å². The molecule has 1 aromatic carbocycles. The van der Waals surface area contributed by atoms with Gasteiger partial charge in [-0.1, -0.05) is 12.1 Å². The number of aromatic nitrogens is 3. The number of nitrogens with zero attached hydrogens (tertiary/aromatic N) is 4. The Morgan fingerprint density at radius 2 is 2.00 bits per heavy atom. The Bertz CT molecular complexity index is 857. The van der Waals surface area contributed by atoms with Crippen LogP contribution in [0.4, 0.5) is 0 Å². The molecule has 150 valence electrons. The summed E-state index contributed by atoms with van der Waals surface area (Å²) in [5.41, 5.74) is 2.14. The van der Waals surface area contributed by atoms with Crippen molar-refractivity contribution in [2.75, 3.05) is 6.54 Å². The van der Waals surface area contributed by atoms with Gasteiger partial charge in [0.1, 0.15) is 12.7 Å². The first-order valence-corrected chi connectivity index (χ1v) is 10.00. The van der Waals surface area contributed by atoms with Crippen molar-refractivity contribution < 1.29 is 0 Å². The standard InChI is InChI=1S/C20H26N6S.HI/c1-4-22-20(25-15(2)11-19-10-5-16(3)27-19)23-12-17-6-8-18(9-7-17)26-14-21-13-24-26;/h5-10,13-15H,4,11-12H2,1-3H3,(H2,22,23,25);1H. The fraction of sp³-hybridized carbons (Fsp3) is 0.350. The van der Waals surface area contributed by atoms with Crippen molar-refractivity contribution in [2.24, 2.45) is 4.99 Å². The lowest BCUT2D eigenvalue weighted by Crippen LogP contribution is -2.43. The van der Waals surface area contributed by atoms with E-state index in [0.717, 1.165) is 30.2 Å². The molecule has 0 fully saturated rings. The van der Waals surface area contributed by atoms with Crippen LogP contribution in [0.5, 0.6) is 0 Å². The van der Waals surface area contributed by atoms with E-state index in [0.29, 0.717) is 12.6 Å². The second-order valence-electron chi connectivity index (χ2n) is 6.46. The smallest absolute Gasteiger partial charge is 0.191 e. The highest BCUT2D eigenvalue weighted by molar-refractivity contribution is 14.0. The van der Waals surface area contributed by atoms with E-state index in [1.165, 1.54) is 16.1 Å². The molecule has 0 spiro atoms. The van der Waals surface area contributed by atoms with E-state index in [9.17, 15) is 0 Å². The first-order chi connectivity index (χ1) is 13.1. The second-order valence-corrected chi connectivity index (χ2v) is 7.84. The maximum absolute atomic E-state index is 4.73. The minimum atomic E-state index is 0. The summed E-state index contributed by atoms with van der Waals surface area (Å²) in [6, 6.07) is 12.9. The molecule has 0 saturated carbocycles. The zero-order valence-corrected chi connectivity index (χ0v) is 19.6. The summed E-state index contributed by atoms with van der Waals surface area (Å²) in [5.74, 6) is 0.846. The summed E-state index contributed by atoms with van der Waals surface area (Å²) in [6.07, 6.45) is 4.22. The van der Waals surface area contributed by atoms with Crippen molar-refractivity contribution in [3.05, 3.63) is 64.4 Å². The lowest BCUT2D eigenvalue weighted by molar-refractivity contribution is 0.645. The van der Waals surface area contributed by atoms with Gasteiger partial charge in [-0.2, -0.15) is 5.10 Å². The first-order valence-electron chi connectivity index (χ1n) is 9.18. The van der Waals surface area contributed by atoms with Gasteiger partial charge in [-0.25, -0.2) is 14.7 Å². The Labute approximate surface area is 187 Å². The molecule has 2 N–H and O–H groups in total. The highest BCUT2D eigenvalue weighted by Crippen LogP contribution is 2.16. The van der Waals surface area contributed by atoms with Gasteiger partial charge in [-0.15, -0.1) is 35.3 Å². The zero-order chi connectivity index (χ0) is 19.1. The quantitative estimate of drug-likeness (QED) is 0.287. The van der Waals surface area contributed by atoms with Crippen LogP contribution in [-0.4, -0.2) is 33.3 Å². The van der Waals surface area contributed by atoms with E-state index in [1.807, 2.05) is 23.5 Å². The van der Waals surface area contributed by atoms with Crippen LogP contribution < -0.4 is 10.6 Å². The van der Waals surface area contributed by atoms with Crippen molar-refractivity contribution >= 4 is 41.3 Å². The zero-order valence-electron chi connectivity index (χ0n) is 16.4. The van der Waals surface area contributed by atoms with Crippen molar-refractivity contribution in [2.45, 2.75) is 39.8 Å². The second kappa shape index (κ2) is 11.2. The fourth-order valence-corrected chi connectivity index (χ4v) is 3.79. The van der Waals surface area contributed by atoms with Gasteiger partial charge in [0.15, 0.2) is 5.96 Å². The van der Waals surface area contributed by atoms with Gasteiger partial charge >= 0.3 is 0 Å². The molecule has 3 aromatic rings. The number of thiophene rings is 1. The van der Waals surface area contributed by atoms with Crippen LogP contribution >= 0.6 is 35.3 Å². The average molecular weight is 510 g/mol. The molecule has 0 bridgehead atoms. The summed E-state index contributed by atoms with van der Waals surface area (Å²) in [6.45, 7) is 7.87. The van der Waals surface area contributed by atoms with Crippen LogP contribution in [0.2, 0.25) is 0 Å². The van der Waals surface area contributed by atoms with Gasteiger partial charge in [0.05, 0.1) is 12.2 Å². The average Bonchev–Trinajstić information content (AvgIpc) is 3.32. The Balaban J connectivity index is 0.00000280. The lowest BCUT2D eigenvalue weighted by atomic mass is 10.2. The van der Waals surface area contributed by atoms with Crippen LogP contribution in [0, 0.1) is 6.92 Å². The summed E-state index contributed by atoms with van der Waals surface area (Å²) in [4.78, 5) is 11.4. The fourth-order valence-electron chi connectivity index (χ4n) is 2.77. The number of hydrogen-bond acceptors (Lipinski definition) is 4. The van der Waals surface area contributed by atoms with Crippen molar-refractivity contribution in [1.82, 2.24) is 25.4 Å². The molecule has 3 rings (SSSR count). The molecular formula is C20H27IN6S. The maximum atomic E-state index is 4.73. The Morgan fingerprint density at radius 3 is 2.61 bits per heavy atom. The predicted molar refractivity (Wildman–Crippen MR) is 127 cm³/mol. The van der Waals surface area contributed by atoms with Gasteiger partial charge < -0.3 is 10.6 Å². The molecule has 0 aliphatic heterocycles. The Hall–Kier alpha value is -1.94. The first kappa shape index (κ1) is 22.4. The number of aliphatic imine (C=N–C) groups is 1. The number of rotatable bonds is 7. The third-order valence-electron chi connectivity index (χ3n) is 4.07. The number of benzene rings is 1. The van der Waals surface area contributed by atoms with Crippen LogP contribution in [-0.2, 0) is 13.0 Å². The Morgan fingerprint density at radius 1 is 1.21 bits per heavy atom. The van der Waals surface area contributed by atoms with Gasteiger partial charge in [0.25, 0.3) is 0 Å². The minimum Gasteiger partial charge on any atom is -0.357 e. The maximum Gasteiger partial charge on any atom is 0.191 e. The topological polar surface area (TPSA) is 67.1 Å². The molecule has 8 heteroatoms. The van der Waals surface area contributed by atoms with E-state index in [2.05, 4.69) is 65.8 Å². The summed E-state index contributed by atoms with van der Waals surface area (Å²) in [7, 11) is 0. The van der Waals surface area contributed by atoms with E-state index >= 15 is 0 Å². The van der Waals surface area contributed by atoms with E-state index in [-0.39, 0.29) is 24.0 Å². The van der Waals surface area contributed by atoms with Crippen LogP contribution in [0.3, 0.4) is 0 Å². The molecular weight excluding hydrogens is 483 g/mol. The van der Waals surface area contributed by atoms with Gasteiger partial charge in [-0.05, 0) is 50.6 Å². The van der Waals surface area contributed by atoms with Gasteiger partial charge in [-0.3, -0.25) is 0 Å². The molecule has 0 aliphatic carbocycles. The molecule has 0 radical (unpaired) electrons. The molecule has 1 unspecified atom stereocenters. The summed E-state index contributed by atoms with van der Waals surface area (Å²) in [5, 5.41) is 11.0. The molecule has 6 nitrogen and oxygen atoms in total. The molecule has 0 saturated heterocycles. The highest BCUT2D eigenvalue weighted by Gasteiger charge is 2.08. The number of aryl methyl sites for hydroxylation is 1. The number of hydrogen-bond donors (Lipinski definition) is 2. The van der Waals surface area contributed by atoms with E-state index in [4.69, 9.17) is 4.99 Å². The molecule has 1 atom stereocenters. The third-order valence-corrected chi connectivity index (χ3v) is 5.09. The minimum absolute atomic E-state index is 0. The van der Waals surface area contributed by atoms with E-state index in [1.54, 1.807) is 11.0 Å². The number of halogens is 1. The monoisotopic (exact) mass is 510 g/mol. The SMILES string of the molecule is CCNC(=NCc1ccc(-n2cncn2)cc1)NC(C)Cc1ccc(C)s1.I. The largest absolute Gasteiger partial charge is 0.357 e. The van der Waals surface area contributed by atoms with Gasteiger partial charge in [0.2, 0.25) is 0 Å². The Kier molecular flexibility index (Phi) is 8.91.